The normalized spacial score (nSPS) is 16.9. The first-order chi connectivity index (χ1) is 14.3. The molecular weight excluding hydrogens is 388 g/mol. The second-order valence-electron chi connectivity index (χ2n) is 7.62. The van der Waals surface area contributed by atoms with E-state index >= 15 is 0 Å². The number of carbonyl (C=O) groups excluding carboxylic acids is 2. The summed E-state index contributed by atoms with van der Waals surface area (Å²) in [7, 11) is 0. The number of nitrogens with zero attached hydrogens (tertiary/aromatic N) is 2. The first-order valence-corrected chi connectivity index (χ1v) is 9.73. The molecular formula is C21H22N4O5. The quantitative estimate of drug-likeness (QED) is 0.672. The lowest BCUT2D eigenvalue weighted by molar-refractivity contribution is -0.129. The number of benzene rings is 1. The molecule has 3 heterocycles. The van der Waals surface area contributed by atoms with Crippen LogP contribution in [0.25, 0.3) is 16.8 Å². The van der Waals surface area contributed by atoms with E-state index in [1.807, 2.05) is 13.8 Å². The molecule has 30 heavy (non-hydrogen) atoms. The number of aromatic amines is 1. The molecule has 0 radical (unpaired) electrons. The Hall–Kier alpha value is -3.62. The number of carbonyl (C=O) groups is 2. The highest BCUT2D eigenvalue weighted by Crippen LogP contribution is 2.25. The minimum Gasteiger partial charge on any atom is -0.444 e. The number of hydrogen-bond donors (Lipinski definition) is 2. The van der Waals surface area contributed by atoms with Crippen LogP contribution in [0, 0.1) is 12.8 Å². The fraction of sp³-hybridized carbons (Fsp3) is 0.333. The number of para-hydroxylation sites is 1. The highest BCUT2D eigenvalue weighted by Gasteiger charge is 2.38. The summed E-state index contributed by atoms with van der Waals surface area (Å²) >= 11 is 0. The van der Waals surface area contributed by atoms with Gasteiger partial charge in [-0.2, -0.15) is 0 Å². The number of fused-ring (bicyclic) bond motifs is 1. The molecule has 2 amide bonds. The molecule has 0 bridgehead atoms. The number of piperazine rings is 1. The number of aromatic nitrogens is 2. The molecule has 1 fully saturated rings. The smallest absolute Gasteiger partial charge is 0.335 e. The summed E-state index contributed by atoms with van der Waals surface area (Å²) < 4.78 is 6.54. The summed E-state index contributed by atoms with van der Waals surface area (Å²) in [6.45, 7) is 5.92. The van der Waals surface area contributed by atoms with Crippen molar-refractivity contribution in [3.63, 3.8) is 0 Å². The maximum Gasteiger partial charge on any atom is 0.335 e. The van der Waals surface area contributed by atoms with E-state index in [1.54, 1.807) is 37.3 Å². The number of H-pyrrole nitrogens is 1. The molecule has 1 unspecified atom stereocenters. The molecule has 1 aromatic carbocycles. The molecule has 9 nitrogen and oxygen atoms in total. The van der Waals surface area contributed by atoms with Crippen LogP contribution in [0.1, 0.15) is 30.0 Å². The first-order valence-electron chi connectivity index (χ1n) is 9.73. The Labute approximate surface area is 171 Å². The third kappa shape index (κ3) is 3.02. The SMILES string of the molecule is Cc1oc2[nH]c(=O)n(-c3ccccc3)c(=O)c2c1C(=O)N1CCNC(=O)C1C(C)C. The second kappa shape index (κ2) is 7.33. The van der Waals surface area contributed by atoms with Gasteiger partial charge in [0.1, 0.15) is 17.2 Å². The van der Waals surface area contributed by atoms with Gasteiger partial charge in [0.25, 0.3) is 11.5 Å². The monoisotopic (exact) mass is 410 g/mol. The van der Waals surface area contributed by atoms with Crippen molar-refractivity contribution in [3.05, 3.63) is 62.5 Å². The molecule has 1 atom stereocenters. The predicted molar refractivity (Wildman–Crippen MR) is 110 cm³/mol. The fourth-order valence-electron chi connectivity index (χ4n) is 3.98. The molecule has 0 aliphatic carbocycles. The van der Waals surface area contributed by atoms with Crippen LogP contribution < -0.4 is 16.6 Å². The molecule has 1 aliphatic heterocycles. The van der Waals surface area contributed by atoms with E-state index in [4.69, 9.17) is 4.42 Å². The first kappa shape index (κ1) is 19.7. The number of furan rings is 1. The van der Waals surface area contributed by atoms with Crippen LogP contribution in [-0.4, -0.2) is 45.4 Å². The third-order valence-corrected chi connectivity index (χ3v) is 5.30. The lowest BCUT2D eigenvalue weighted by Gasteiger charge is -2.37. The maximum absolute atomic E-state index is 13.5. The third-order valence-electron chi connectivity index (χ3n) is 5.30. The van der Waals surface area contributed by atoms with E-state index in [0.29, 0.717) is 18.8 Å². The summed E-state index contributed by atoms with van der Waals surface area (Å²) in [6.07, 6.45) is 0. The molecule has 156 valence electrons. The van der Waals surface area contributed by atoms with E-state index in [2.05, 4.69) is 10.3 Å². The van der Waals surface area contributed by atoms with Gasteiger partial charge >= 0.3 is 5.69 Å². The Kier molecular flexibility index (Phi) is 4.81. The molecule has 2 N–H and O–H groups in total. The zero-order valence-electron chi connectivity index (χ0n) is 16.9. The highest BCUT2D eigenvalue weighted by atomic mass is 16.3. The van der Waals surface area contributed by atoms with E-state index < -0.39 is 23.2 Å². The van der Waals surface area contributed by atoms with Crippen LogP contribution in [0.2, 0.25) is 0 Å². The van der Waals surface area contributed by atoms with Gasteiger partial charge in [-0.25, -0.2) is 9.36 Å². The topological polar surface area (TPSA) is 117 Å². The zero-order valence-corrected chi connectivity index (χ0v) is 16.9. The average molecular weight is 410 g/mol. The van der Waals surface area contributed by atoms with Crippen molar-refractivity contribution in [1.82, 2.24) is 19.8 Å². The van der Waals surface area contributed by atoms with Gasteiger partial charge in [0.05, 0.1) is 11.3 Å². The van der Waals surface area contributed by atoms with Crippen LogP contribution in [0.5, 0.6) is 0 Å². The molecule has 0 spiro atoms. The van der Waals surface area contributed by atoms with Crippen LogP contribution in [0.15, 0.2) is 44.3 Å². The zero-order chi connectivity index (χ0) is 21.6. The van der Waals surface area contributed by atoms with Crippen LogP contribution in [0.4, 0.5) is 0 Å². The predicted octanol–water partition coefficient (Wildman–Crippen LogP) is 1.18. The minimum atomic E-state index is -0.663. The molecule has 4 rings (SSSR count). The van der Waals surface area contributed by atoms with Crippen molar-refractivity contribution in [2.45, 2.75) is 26.8 Å². The molecule has 9 heteroatoms. The minimum absolute atomic E-state index is 0.00515. The number of amides is 2. The molecule has 3 aromatic rings. The number of aryl methyl sites for hydroxylation is 1. The van der Waals surface area contributed by atoms with Gasteiger partial charge in [0, 0.05) is 13.1 Å². The van der Waals surface area contributed by atoms with Crippen molar-refractivity contribution in [2.24, 2.45) is 5.92 Å². The van der Waals surface area contributed by atoms with Gasteiger partial charge in [0.15, 0.2) is 0 Å². The Morgan fingerprint density at radius 1 is 1.17 bits per heavy atom. The second-order valence-corrected chi connectivity index (χ2v) is 7.62. The van der Waals surface area contributed by atoms with Gasteiger partial charge in [-0.05, 0) is 25.0 Å². The lowest BCUT2D eigenvalue weighted by atomic mass is 9.98. The van der Waals surface area contributed by atoms with Crippen molar-refractivity contribution in [2.75, 3.05) is 13.1 Å². The molecule has 0 saturated carbocycles. The van der Waals surface area contributed by atoms with E-state index in [1.165, 1.54) is 4.90 Å². The largest absolute Gasteiger partial charge is 0.444 e. The standard InChI is InChI=1S/C21H22N4O5/c1-11(2)16-17(26)22-9-10-24(16)19(27)14-12(3)30-18-15(14)20(28)25(21(29)23-18)13-7-5-4-6-8-13/h4-8,11,16H,9-10H2,1-3H3,(H,22,26)(H,23,29). The lowest BCUT2D eigenvalue weighted by Crippen LogP contribution is -2.59. The van der Waals surface area contributed by atoms with E-state index in [9.17, 15) is 19.2 Å². The summed E-state index contributed by atoms with van der Waals surface area (Å²) in [6, 6.07) is 7.78. The van der Waals surface area contributed by atoms with Crippen molar-refractivity contribution < 1.29 is 14.0 Å². The Morgan fingerprint density at radius 3 is 2.53 bits per heavy atom. The van der Waals surface area contributed by atoms with Crippen LogP contribution in [-0.2, 0) is 4.79 Å². The summed E-state index contributed by atoms with van der Waals surface area (Å²) in [5, 5.41) is 2.77. The van der Waals surface area contributed by atoms with Crippen molar-refractivity contribution in [1.29, 1.82) is 0 Å². The summed E-state index contributed by atoms with van der Waals surface area (Å²) in [4.78, 5) is 55.7. The van der Waals surface area contributed by atoms with Gasteiger partial charge in [-0.15, -0.1) is 0 Å². The van der Waals surface area contributed by atoms with Crippen molar-refractivity contribution >= 4 is 22.9 Å². The Morgan fingerprint density at radius 2 is 1.87 bits per heavy atom. The number of hydrogen-bond acceptors (Lipinski definition) is 5. The fourth-order valence-corrected chi connectivity index (χ4v) is 3.98. The molecule has 2 aromatic heterocycles. The van der Waals surface area contributed by atoms with Gasteiger partial charge < -0.3 is 14.6 Å². The molecule has 1 aliphatic rings. The summed E-state index contributed by atoms with van der Waals surface area (Å²) in [5.74, 6) is -0.607. The maximum atomic E-state index is 13.5. The van der Waals surface area contributed by atoms with Gasteiger partial charge in [-0.1, -0.05) is 32.0 Å². The highest BCUT2D eigenvalue weighted by molar-refractivity contribution is 6.07. The van der Waals surface area contributed by atoms with E-state index in [0.717, 1.165) is 4.57 Å². The number of rotatable bonds is 3. The Bertz CT molecular complexity index is 1250. The average Bonchev–Trinajstić information content (AvgIpc) is 3.03. The molecule has 1 saturated heterocycles. The van der Waals surface area contributed by atoms with E-state index in [-0.39, 0.29) is 34.2 Å². The Balaban J connectivity index is 1.93. The van der Waals surface area contributed by atoms with Crippen LogP contribution >= 0.6 is 0 Å². The van der Waals surface area contributed by atoms with Gasteiger partial charge in [0.2, 0.25) is 11.6 Å². The van der Waals surface area contributed by atoms with Gasteiger partial charge in [-0.3, -0.25) is 19.4 Å². The van der Waals surface area contributed by atoms with Crippen LogP contribution in [0.3, 0.4) is 0 Å². The number of nitrogens with one attached hydrogen (secondary N) is 2. The van der Waals surface area contributed by atoms with Crippen molar-refractivity contribution in [3.8, 4) is 5.69 Å². The summed E-state index contributed by atoms with van der Waals surface area (Å²) in [5.41, 5.74) is -0.927.